The molecule has 1 aromatic carbocycles. The van der Waals surface area contributed by atoms with Crippen LogP contribution in [0.4, 0.5) is 0 Å². The van der Waals surface area contributed by atoms with Crippen molar-refractivity contribution in [3.05, 3.63) is 62.9 Å². The molecule has 0 fully saturated rings. The number of hydrogen-bond acceptors (Lipinski definition) is 3. The Kier molecular flexibility index (Phi) is 3.86. The number of benzene rings is 1. The Morgan fingerprint density at radius 1 is 1.24 bits per heavy atom. The van der Waals surface area contributed by atoms with Crippen LogP contribution in [0.25, 0.3) is 22.6 Å². The van der Waals surface area contributed by atoms with Crippen molar-refractivity contribution in [1.29, 1.82) is 0 Å². The summed E-state index contributed by atoms with van der Waals surface area (Å²) < 4.78 is 0.941. The summed E-state index contributed by atoms with van der Waals surface area (Å²) in [4.78, 5) is 16.6. The number of halogens is 1. The topological polar surface area (TPSA) is 50.2 Å². The molecule has 3 rings (SSSR count). The Balaban J connectivity index is 2.22. The quantitative estimate of drug-likeness (QED) is 0.690. The highest BCUT2D eigenvalue weighted by atomic mass is 79.9. The second-order valence-corrected chi connectivity index (χ2v) is 6.18. The SMILES string of the molecule is O=C(O)/C(=C/c1ccc(Br)c2cccnc12)c1cccs1. The number of pyridine rings is 1. The van der Waals surface area contributed by atoms with Crippen molar-refractivity contribution in [2.45, 2.75) is 0 Å². The first kappa shape index (κ1) is 14.0. The van der Waals surface area contributed by atoms with Gasteiger partial charge in [0, 0.05) is 26.5 Å². The largest absolute Gasteiger partial charge is 0.478 e. The van der Waals surface area contributed by atoms with Gasteiger partial charge in [0.1, 0.15) is 0 Å². The molecule has 0 radical (unpaired) electrons. The molecule has 0 amide bonds. The molecule has 21 heavy (non-hydrogen) atoms. The Bertz CT molecular complexity index is 841. The molecule has 2 aromatic heterocycles. The molecular weight excluding hydrogens is 350 g/mol. The van der Waals surface area contributed by atoms with Crippen LogP contribution >= 0.6 is 27.3 Å². The number of nitrogens with zero attached hydrogens (tertiary/aromatic N) is 1. The van der Waals surface area contributed by atoms with Crippen LogP contribution in [-0.4, -0.2) is 16.1 Å². The van der Waals surface area contributed by atoms with Crippen LogP contribution in [0.1, 0.15) is 10.4 Å². The molecule has 0 spiro atoms. The van der Waals surface area contributed by atoms with E-state index in [1.165, 1.54) is 11.3 Å². The van der Waals surface area contributed by atoms with Crippen molar-refractivity contribution in [3.63, 3.8) is 0 Å². The molecule has 0 saturated heterocycles. The van der Waals surface area contributed by atoms with Crippen LogP contribution in [0.2, 0.25) is 0 Å². The molecule has 0 aliphatic heterocycles. The second-order valence-electron chi connectivity index (χ2n) is 4.38. The normalized spacial score (nSPS) is 11.8. The second kappa shape index (κ2) is 5.79. The fourth-order valence-corrected chi connectivity index (χ4v) is 3.29. The van der Waals surface area contributed by atoms with Gasteiger partial charge in [-0.1, -0.05) is 34.1 Å². The van der Waals surface area contributed by atoms with E-state index in [2.05, 4.69) is 20.9 Å². The lowest BCUT2D eigenvalue weighted by Gasteiger charge is -2.05. The summed E-state index contributed by atoms with van der Waals surface area (Å²) >= 11 is 4.90. The number of carboxylic acid groups (broad SMARTS) is 1. The highest BCUT2D eigenvalue weighted by Gasteiger charge is 2.13. The molecular formula is C16H10BrNO2S. The van der Waals surface area contributed by atoms with Crippen LogP contribution in [0.15, 0.2) is 52.4 Å². The maximum atomic E-state index is 11.5. The van der Waals surface area contributed by atoms with Gasteiger partial charge in [0.2, 0.25) is 0 Å². The molecule has 0 aliphatic rings. The summed E-state index contributed by atoms with van der Waals surface area (Å²) in [7, 11) is 0. The van der Waals surface area contributed by atoms with Crippen LogP contribution < -0.4 is 0 Å². The van der Waals surface area contributed by atoms with E-state index in [-0.39, 0.29) is 5.57 Å². The van der Waals surface area contributed by atoms with Crippen molar-refractivity contribution in [2.24, 2.45) is 0 Å². The zero-order chi connectivity index (χ0) is 14.8. The standard InChI is InChI=1S/C16H10BrNO2S/c17-13-6-5-10(15-11(13)3-1-7-18-15)9-12(16(19)20)14-4-2-8-21-14/h1-9H,(H,19,20)/b12-9+. The van der Waals surface area contributed by atoms with Gasteiger partial charge in [-0.2, -0.15) is 0 Å². The fourth-order valence-electron chi connectivity index (χ4n) is 2.10. The summed E-state index contributed by atoms with van der Waals surface area (Å²) in [6.45, 7) is 0. The van der Waals surface area contributed by atoms with E-state index in [9.17, 15) is 9.90 Å². The molecule has 0 unspecified atom stereocenters. The van der Waals surface area contributed by atoms with E-state index >= 15 is 0 Å². The molecule has 5 heteroatoms. The zero-order valence-electron chi connectivity index (χ0n) is 10.8. The zero-order valence-corrected chi connectivity index (χ0v) is 13.2. The lowest BCUT2D eigenvalue weighted by Crippen LogP contribution is -1.98. The molecule has 0 bridgehead atoms. The first-order valence-corrected chi connectivity index (χ1v) is 7.86. The molecule has 0 saturated carbocycles. The third-order valence-corrected chi connectivity index (χ3v) is 4.66. The summed E-state index contributed by atoms with van der Waals surface area (Å²) in [6.07, 6.45) is 3.38. The average Bonchev–Trinajstić information content (AvgIpc) is 3.00. The number of hydrogen-bond donors (Lipinski definition) is 1. The molecule has 104 valence electrons. The van der Waals surface area contributed by atoms with E-state index in [0.717, 1.165) is 25.8 Å². The number of carboxylic acids is 1. The van der Waals surface area contributed by atoms with Crippen molar-refractivity contribution >= 4 is 55.8 Å². The Hall–Kier alpha value is -1.98. The molecule has 3 aromatic rings. The van der Waals surface area contributed by atoms with Gasteiger partial charge in [0.05, 0.1) is 11.1 Å². The van der Waals surface area contributed by atoms with Gasteiger partial charge in [0.25, 0.3) is 0 Å². The minimum Gasteiger partial charge on any atom is -0.478 e. The Morgan fingerprint density at radius 2 is 2.10 bits per heavy atom. The number of carbonyl (C=O) groups is 1. The minimum atomic E-state index is -0.940. The number of rotatable bonds is 3. The third kappa shape index (κ3) is 2.75. The number of thiophene rings is 1. The molecule has 0 aliphatic carbocycles. The van der Waals surface area contributed by atoms with Crippen molar-refractivity contribution < 1.29 is 9.90 Å². The lowest BCUT2D eigenvalue weighted by atomic mass is 10.1. The number of fused-ring (bicyclic) bond motifs is 1. The van der Waals surface area contributed by atoms with E-state index in [1.807, 2.05) is 35.7 Å². The van der Waals surface area contributed by atoms with E-state index in [4.69, 9.17) is 0 Å². The van der Waals surface area contributed by atoms with Gasteiger partial charge in [-0.05, 0) is 29.7 Å². The van der Waals surface area contributed by atoms with Crippen molar-refractivity contribution in [2.75, 3.05) is 0 Å². The maximum Gasteiger partial charge on any atom is 0.337 e. The minimum absolute atomic E-state index is 0.277. The predicted octanol–water partition coefficient (Wildman–Crippen LogP) is 4.68. The van der Waals surface area contributed by atoms with Gasteiger partial charge in [-0.3, -0.25) is 4.98 Å². The van der Waals surface area contributed by atoms with E-state index in [0.29, 0.717) is 0 Å². The van der Waals surface area contributed by atoms with Gasteiger partial charge in [-0.25, -0.2) is 4.79 Å². The van der Waals surface area contributed by atoms with Crippen molar-refractivity contribution in [3.8, 4) is 0 Å². The van der Waals surface area contributed by atoms with E-state index in [1.54, 1.807) is 18.3 Å². The van der Waals surface area contributed by atoms with Gasteiger partial charge in [0.15, 0.2) is 0 Å². The maximum absolute atomic E-state index is 11.5. The van der Waals surface area contributed by atoms with Crippen LogP contribution in [0.3, 0.4) is 0 Å². The van der Waals surface area contributed by atoms with Gasteiger partial charge >= 0.3 is 5.97 Å². The first-order chi connectivity index (χ1) is 10.2. The summed E-state index contributed by atoms with van der Waals surface area (Å²) in [5.74, 6) is -0.940. The smallest absolute Gasteiger partial charge is 0.337 e. The summed E-state index contributed by atoms with van der Waals surface area (Å²) in [5, 5.41) is 12.3. The molecule has 2 heterocycles. The summed E-state index contributed by atoms with van der Waals surface area (Å²) in [6, 6.07) is 11.2. The highest BCUT2D eigenvalue weighted by molar-refractivity contribution is 9.10. The molecule has 1 N–H and O–H groups in total. The number of aliphatic carboxylic acids is 1. The Morgan fingerprint density at radius 3 is 2.81 bits per heavy atom. The lowest BCUT2D eigenvalue weighted by molar-refractivity contribution is -0.130. The van der Waals surface area contributed by atoms with Gasteiger partial charge in [-0.15, -0.1) is 11.3 Å². The molecule has 3 nitrogen and oxygen atoms in total. The van der Waals surface area contributed by atoms with E-state index < -0.39 is 5.97 Å². The van der Waals surface area contributed by atoms with Crippen LogP contribution in [0.5, 0.6) is 0 Å². The highest BCUT2D eigenvalue weighted by Crippen LogP contribution is 2.29. The molecule has 0 atom stereocenters. The van der Waals surface area contributed by atoms with Crippen LogP contribution in [-0.2, 0) is 4.79 Å². The number of aromatic nitrogens is 1. The van der Waals surface area contributed by atoms with Crippen molar-refractivity contribution in [1.82, 2.24) is 4.98 Å². The summed E-state index contributed by atoms with van der Waals surface area (Å²) in [5.41, 5.74) is 1.85. The van der Waals surface area contributed by atoms with Crippen LogP contribution in [0, 0.1) is 0 Å². The monoisotopic (exact) mass is 359 g/mol. The first-order valence-electron chi connectivity index (χ1n) is 6.19. The Labute approximate surface area is 133 Å². The third-order valence-electron chi connectivity index (χ3n) is 3.06. The fraction of sp³-hybridized carbons (Fsp3) is 0. The average molecular weight is 360 g/mol. The van der Waals surface area contributed by atoms with Gasteiger partial charge < -0.3 is 5.11 Å². The predicted molar refractivity (Wildman–Crippen MR) is 89.3 cm³/mol.